The summed E-state index contributed by atoms with van der Waals surface area (Å²) in [6.07, 6.45) is 3.34. The molecule has 0 fully saturated rings. The molecule has 0 saturated carbocycles. The summed E-state index contributed by atoms with van der Waals surface area (Å²) in [5, 5.41) is 1.35. The lowest BCUT2D eigenvalue weighted by Crippen LogP contribution is -2.01. The summed E-state index contributed by atoms with van der Waals surface area (Å²) in [6, 6.07) is 6.58. The largest absolute Gasteiger partial charge is 0.330 e. The van der Waals surface area contributed by atoms with Gasteiger partial charge in [0.15, 0.2) is 0 Å². The van der Waals surface area contributed by atoms with E-state index < -0.39 is 0 Å². The van der Waals surface area contributed by atoms with Crippen LogP contribution in [0.25, 0.3) is 10.9 Å². The quantitative estimate of drug-likeness (QED) is 0.834. The first-order valence-electron chi connectivity index (χ1n) is 6.70. The summed E-state index contributed by atoms with van der Waals surface area (Å²) >= 11 is 0. The number of unbranched alkanes of at least 4 members (excludes halogenated alkanes) is 1. The standard InChI is InChI=1S/C16H22N2/c1-11-7-8-12(2)16-15(11)14(6-4-5-9-17)10-13(3)18-16/h7-8,10H,4-6,9,17H2,1-3H3. The average molecular weight is 242 g/mol. The minimum absolute atomic E-state index is 0.778. The van der Waals surface area contributed by atoms with Crippen molar-refractivity contribution in [2.75, 3.05) is 6.54 Å². The van der Waals surface area contributed by atoms with Gasteiger partial charge in [0, 0.05) is 11.1 Å². The molecule has 0 bridgehead atoms. The Labute approximate surface area is 109 Å². The van der Waals surface area contributed by atoms with Crippen LogP contribution >= 0.6 is 0 Å². The number of hydrogen-bond donors (Lipinski definition) is 1. The van der Waals surface area contributed by atoms with Crippen molar-refractivity contribution in [3.63, 3.8) is 0 Å². The molecule has 0 aliphatic carbocycles. The summed E-state index contributed by atoms with van der Waals surface area (Å²) in [5.74, 6) is 0. The summed E-state index contributed by atoms with van der Waals surface area (Å²) in [6.45, 7) is 7.16. The molecule has 2 N–H and O–H groups in total. The Morgan fingerprint density at radius 2 is 1.78 bits per heavy atom. The highest BCUT2D eigenvalue weighted by Crippen LogP contribution is 2.26. The van der Waals surface area contributed by atoms with Crippen molar-refractivity contribution in [3.05, 3.63) is 40.6 Å². The molecule has 2 aromatic rings. The lowest BCUT2D eigenvalue weighted by Gasteiger charge is -2.12. The molecule has 2 heteroatoms. The third-order valence-corrected chi connectivity index (χ3v) is 3.48. The van der Waals surface area contributed by atoms with Crippen molar-refractivity contribution in [1.29, 1.82) is 0 Å². The number of aryl methyl sites for hydroxylation is 4. The molecular formula is C16H22N2. The van der Waals surface area contributed by atoms with Crippen molar-refractivity contribution >= 4 is 10.9 Å². The third-order valence-electron chi connectivity index (χ3n) is 3.48. The molecule has 0 atom stereocenters. The molecule has 0 unspecified atom stereocenters. The molecule has 0 saturated heterocycles. The van der Waals surface area contributed by atoms with Gasteiger partial charge >= 0.3 is 0 Å². The van der Waals surface area contributed by atoms with Gasteiger partial charge in [-0.3, -0.25) is 4.98 Å². The van der Waals surface area contributed by atoms with Crippen molar-refractivity contribution in [2.24, 2.45) is 5.73 Å². The lowest BCUT2D eigenvalue weighted by atomic mass is 9.97. The molecule has 96 valence electrons. The van der Waals surface area contributed by atoms with Crippen LogP contribution in [0.2, 0.25) is 0 Å². The SMILES string of the molecule is Cc1cc(CCCCN)c2c(C)ccc(C)c2n1. The maximum absolute atomic E-state index is 5.58. The predicted molar refractivity (Wildman–Crippen MR) is 77.9 cm³/mol. The fourth-order valence-electron chi connectivity index (χ4n) is 2.54. The van der Waals surface area contributed by atoms with Crippen LogP contribution in [-0.2, 0) is 6.42 Å². The molecule has 0 aliphatic heterocycles. The van der Waals surface area contributed by atoms with E-state index in [0.717, 1.165) is 37.0 Å². The van der Waals surface area contributed by atoms with Gasteiger partial charge in [0.05, 0.1) is 5.52 Å². The summed E-state index contributed by atoms with van der Waals surface area (Å²) in [4.78, 5) is 4.70. The fraction of sp³-hybridized carbons (Fsp3) is 0.438. The van der Waals surface area contributed by atoms with Gasteiger partial charge in [-0.1, -0.05) is 12.1 Å². The van der Waals surface area contributed by atoms with Crippen LogP contribution in [0.3, 0.4) is 0 Å². The Balaban J connectivity index is 2.53. The second-order valence-corrected chi connectivity index (χ2v) is 5.09. The Morgan fingerprint density at radius 1 is 1.06 bits per heavy atom. The zero-order valence-corrected chi connectivity index (χ0v) is 11.6. The Kier molecular flexibility index (Phi) is 3.97. The van der Waals surface area contributed by atoms with E-state index in [4.69, 9.17) is 10.7 Å². The summed E-state index contributed by atoms with van der Waals surface area (Å²) in [5.41, 5.74) is 11.9. The Hall–Kier alpha value is -1.41. The van der Waals surface area contributed by atoms with E-state index in [1.54, 1.807) is 0 Å². The van der Waals surface area contributed by atoms with Crippen molar-refractivity contribution in [3.8, 4) is 0 Å². The highest BCUT2D eigenvalue weighted by atomic mass is 14.7. The number of nitrogens with zero attached hydrogens (tertiary/aromatic N) is 1. The summed E-state index contributed by atoms with van der Waals surface area (Å²) < 4.78 is 0. The van der Waals surface area contributed by atoms with Crippen LogP contribution in [0.5, 0.6) is 0 Å². The first-order valence-corrected chi connectivity index (χ1v) is 6.70. The van der Waals surface area contributed by atoms with Gasteiger partial charge in [0.1, 0.15) is 0 Å². The lowest BCUT2D eigenvalue weighted by molar-refractivity contribution is 0.746. The molecule has 0 aliphatic rings. The van der Waals surface area contributed by atoms with E-state index in [0.29, 0.717) is 0 Å². The number of aromatic nitrogens is 1. The topological polar surface area (TPSA) is 38.9 Å². The van der Waals surface area contributed by atoms with Gasteiger partial charge in [-0.15, -0.1) is 0 Å². The zero-order valence-electron chi connectivity index (χ0n) is 11.6. The molecule has 2 nitrogen and oxygen atoms in total. The van der Waals surface area contributed by atoms with Gasteiger partial charge in [-0.25, -0.2) is 0 Å². The van der Waals surface area contributed by atoms with Crippen molar-refractivity contribution < 1.29 is 0 Å². The third kappa shape index (κ3) is 2.54. The number of benzene rings is 1. The molecular weight excluding hydrogens is 220 g/mol. The van der Waals surface area contributed by atoms with E-state index in [9.17, 15) is 0 Å². The second-order valence-electron chi connectivity index (χ2n) is 5.09. The normalized spacial score (nSPS) is 11.1. The number of rotatable bonds is 4. The minimum atomic E-state index is 0.778. The Morgan fingerprint density at radius 3 is 2.50 bits per heavy atom. The smallest absolute Gasteiger partial charge is 0.0739 e. The molecule has 1 aromatic carbocycles. The maximum Gasteiger partial charge on any atom is 0.0739 e. The molecule has 2 rings (SSSR count). The van der Waals surface area contributed by atoms with E-state index in [1.807, 2.05) is 0 Å². The number of fused-ring (bicyclic) bond motifs is 1. The summed E-state index contributed by atoms with van der Waals surface area (Å²) in [7, 11) is 0. The maximum atomic E-state index is 5.58. The van der Waals surface area contributed by atoms with Crippen LogP contribution in [0, 0.1) is 20.8 Å². The molecule has 0 radical (unpaired) electrons. The van der Waals surface area contributed by atoms with Gasteiger partial charge in [-0.2, -0.15) is 0 Å². The average Bonchev–Trinajstić information content (AvgIpc) is 2.34. The predicted octanol–water partition coefficient (Wildman–Crippen LogP) is 3.44. The first kappa shape index (κ1) is 13.0. The molecule has 0 spiro atoms. The van der Waals surface area contributed by atoms with E-state index in [1.165, 1.54) is 22.1 Å². The molecule has 1 heterocycles. The van der Waals surface area contributed by atoms with Crippen molar-refractivity contribution in [1.82, 2.24) is 4.98 Å². The number of hydrogen-bond acceptors (Lipinski definition) is 2. The van der Waals surface area contributed by atoms with Crippen molar-refractivity contribution in [2.45, 2.75) is 40.0 Å². The zero-order chi connectivity index (χ0) is 13.1. The van der Waals surface area contributed by atoms with E-state index in [-0.39, 0.29) is 0 Å². The van der Waals surface area contributed by atoms with Crippen LogP contribution in [-0.4, -0.2) is 11.5 Å². The highest BCUT2D eigenvalue weighted by molar-refractivity contribution is 5.88. The van der Waals surface area contributed by atoms with Crippen LogP contribution in [0.1, 0.15) is 35.2 Å². The van der Waals surface area contributed by atoms with Gasteiger partial charge in [0.25, 0.3) is 0 Å². The minimum Gasteiger partial charge on any atom is -0.330 e. The fourth-order valence-corrected chi connectivity index (χ4v) is 2.54. The molecule has 1 aromatic heterocycles. The second kappa shape index (κ2) is 5.49. The Bertz CT molecular complexity index is 559. The first-order chi connectivity index (χ1) is 8.63. The van der Waals surface area contributed by atoms with Crippen LogP contribution < -0.4 is 5.73 Å². The molecule has 18 heavy (non-hydrogen) atoms. The van der Waals surface area contributed by atoms with Gasteiger partial charge in [-0.05, 0) is 69.3 Å². The van der Waals surface area contributed by atoms with E-state index >= 15 is 0 Å². The van der Waals surface area contributed by atoms with Gasteiger partial charge in [0.2, 0.25) is 0 Å². The van der Waals surface area contributed by atoms with Crippen LogP contribution in [0.15, 0.2) is 18.2 Å². The monoisotopic (exact) mass is 242 g/mol. The number of nitrogens with two attached hydrogens (primary N) is 1. The van der Waals surface area contributed by atoms with Gasteiger partial charge < -0.3 is 5.73 Å². The van der Waals surface area contributed by atoms with E-state index in [2.05, 4.69) is 39.0 Å². The van der Waals surface area contributed by atoms with Crippen LogP contribution in [0.4, 0.5) is 0 Å². The number of pyridine rings is 1. The highest BCUT2D eigenvalue weighted by Gasteiger charge is 2.08. The molecule has 0 amide bonds.